The fourth-order valence-corrected chi connectivity index (χ4v) is 2.70. The second kappa shape index (κ2) is 7.01. The first-order chi connectivity index (χ1) is 9.19. The molecule has 2 aromatic rings. The molecule has 1 aromatic carbocycles. The van der Waals surface area contributed by atoms with Crippen LogP contribution >= 0.6 is 27.5 Å². The quantitative estimate of drug-likeness (QED) is 0.649. The number of nitrogens with one attached hydrogen (secondary N) is 1. The van der Waals surface area contributed by atoms with E-state index >= 15 is 0 Å². The first-order valence-electron chi connectivity index (χ1n) is 5.98. The maximum absolute atomic E-state index is 6.22. The van der Waals surface area contributed by atoms with Crippen molar-refractivity contribution in [1.82, 2.24) is 10.4 Å². The highest BCUT2D eigenvalue weighted by Crippen LogP contribution is 2.23. The molecule has 5 heteroatoms. The van der Waals surface area contributed by atoms with E-state index in [4.69, 9.17) is 17.4 Å². The first kappa shape index (κ1) is 14.5. The van der Waals surface area contributed by atoms with Crippen molar-refractivity contribution < 1.29 is 0 Å². The molecule has 1 aromatic heterocycles. The molecule has 0 aliphatic rings. The summed E-state index contributed by atoms with van der Waals surface area (Å²) in [5.74, 6) is 5.63. The fraction of sp³-hybridized carbons (Fsp3) is 0.214. The summed E-state index contributed by atoms with van der Waals surface area (Å²) >= 11 is 9.62. The fourth-order valence-electron chi connectivity index (χ4n) is 1.95. The number of pyridine rings is 1. The lowest BCUT2D eigenvalue weighted by molar-refractivity contribution is 0.522. The molecule has 1 unspecified atom stereocenters. The van der Waals surface area contributed by atoms with Gasteiger partial charge in [0.1, 0.15) is 0 Å². The first-order valence-corrected chi connectivity index (χ1v) is 7.15. The van der Waals surface area contributed by atoms with Crippen LogP contribution in [0.25, 0.3) is 0 Å². The van der Waals surface area contributed by atoms with Gasteiger partial charge in [-0.15, -0.1) is 0 Å². The second-order valence-electron chi connectivity index (χ2n) is 4.37. The summed E-state index contributed by atoms with van der Waals surface area (Å²) in [5, 5.41) is 0.751. The van der Waals surface area contributed by atoms with E-state index in [0.717, 1.165) is 33.5 Å². The van der Waals surface area contributed by atoms with E-state index < -0.39 is 0 Å². The molecule has 3 nitrogen and oxygen atoms in total. The maximum atomic E-state index is 6.22. The van der Waals surface area contributed by atoms with Crippen molar-refractivity contribution in [2.45, 2.75) is 18.9 Å². The Morgan fingerprint density at radius 1 is 1.32 bits per heavy atom. The molecule has 100 valence electrons. The van der Waals surface area contributed by atoms with Crippen molar-refractivity contribution in [1.29, 1.82) is 0 Å². The van der Waals surface area contributed by atoms with Crippen LogP contribution in [0, 0.1) is 0 Å². The standard InChI is InChI=1S/C14H15BrClN3/c15-12-4-3-11(14(16)8-12)7-13(19-17)6-10-2-1-5-18-9-10/h1-5,8-9,13,19H,6-7,17H2. The molecule has 0 bridgehead atoms. The zero-order valence-electron chi connectivity index (χ0n) is 10.3. The second-order valence-corrected chi connectivity index (χ2v) is 5.69. The van der Waals surface area contributed by atoms with Gasteiger partial charge in [-0.25, -0.2) is 0 Å². The van der Waals surface area contributed by atoms with Gasteiger partial charge < -0.3 is 0 Å². The molecule has 0 saturated carbocycles. The lowest BCUT2D eigenvalue weighted by Crippen LogP contribution is -2.38. The topological polar surface area (TPSA) is 50.9 Å². The summed E-state index contributed by atoms with van der Waals surface area (Å²) in [6.45, 7) is 0. The molecule has 0 fully saturated rings. The van der Waals surface area contributed by atoms with Crippen LogP contribution in [-0.2, 0) is 12.8 Å². The van der Waals surface area contributed by atoms with Crippen molar-refractivity contribution >= 4 is 27.5 Å². The number of hydrogen-bond donors (Lipinski definition) is 2. The van der Waals surface area contributed by atoms with Crippen molar-refractivity contribution in [3.8, 4) is 0 Å². The Labute approximate surface area is 126 Å². The van der Waals surface area contributed by atoms with Gasteiger partial charge in [-0.3, -0.25) is 16.3 Å². The molecule has 0 aliphatic heterocycles. The van der Waals surface area contributed by atoms with Crippen LogP contribution in [0.1, 0.15) is 11.1 Å². The van der Waals surface area contributed by atoms with E-state index in [1.807, 2.05) is 36.5 Å². The Kier molecular flexibility index (Phi) is 5.34. The van der Waals surface area contributed by atoms with E-state index in [9.17, 15) is 0 Å². The van der Waals surface area contributed by atoms with Crippen molar-refractivity contribution in [2.24, 2.45) is 5.84 Å². The Morgan fingerprint density at radius 3 is 2.79 bits per heavy atom. The predicted molar refractivity (Wildman–Crippen MR) is 81.9 cm³/mol. The maximum Gasteiger partial charge on any atom is 0.0449 e. The summed E-state index contributed by atoms with van der Waals surface area (Å²) in [5.41, 5.74) is 5.07. The highest BCUT2D eigenvalue weighted by molar-refractivity contribution is 9.10. The van der Waals surface area contributed by atoms with Gasteiger partial charge in [0.2, 0.25) is 0 Å². The number of nitrogens with zero attached hydrogens (tertiary/aromatic N) is 1. The molecule has 0 amide bonds. The third kappa shape index (κ3) is 4.28. The predicted octanol–water partition coefficient (Wildman–Crippen LogP) is 3.11. The van der Waals surface area contributed by atoms with Gasteiger partial charge in [0.25, 0.3) is 0 Å². The van der Waals surface area contributed by atoms with Crippen LogP contribution < -0.4 is 11.3 Å². The van der Waals surface area contributed by atoms with E-state index in [-0.39, 0.29) is 6.04 Å². The summed E-state index contributed by atoms with van der Waals surface area (Å²) in [4.78, 5) is 4.11. The van der Waals surface area contributed by atoms with E-state index in [0.29, 0.717) is 0 Å². The van der Waals surface area contributed by atoms with Gasteiger partial charge in [0.15, 0.2) is 0 Å². The van der Waals surface area contributed by atoms with Crippen LogP contribution in [0.3, 0.4) is 0 Å². The van der Waals surface area contributed by atoms with Crippen molar-refractivity contribution in [2.75, 3.05) is 0 Å². The molecule has 19 heavy (non-hydrogen) atoms. The third-order valence-corrected chi connectivity index (χ3v) is 3.77. The lowest BCUT2D eigenvalue weighted by atomic mass is 10.0. The van der Waals surface area contributed by atoms with E-state index in [1.165, 1.54) is 0 Å². The molecule has 0 radical (unpaired) electrons. The van der Waals surface area contributed by atoms with Gasteiger partial charge in [-0.2, -0.15) is 0 Å². The van der Waals surface area contributed by atoms with E-state index in [2.05, 4.69) is 26.3 Å². The van der Waals surface area contributed by atoms with Crippen molar-refractivity contribution in [3.63, 3.8) is 0 Å². The average Bonchev–Trinajstić information content (AvgIpc) is 2.42. The lowest BCUT2D eigenvalue weighted by Gasteiger charge is -2.16. The van der Waals surface area contributed by atoms with Crippen LogP contribution in [0.2, 0.25) is 5.02 Å². The zero-order chi connectivity index (χ0) is 13.7. The normalized spacial score (nSPS) is 12.4. The molecule has 2 rings (SSSR count). The van der Waals surface area contributed by atoms with Gasteiger partial charge >= 0.3 is 0 Å². The van der Waals surface area contributed by atoms with Crippen LogP contribution in [0.4, 0.5) is 0 Å². The molecule has 0 aliphatic carbocycles. The number of nitrogens with two attached hydrogens (primary N) is 1. The Hall–Kier alpha value is -0.940. The van der Waals surface area contributed by atoms with Gasteiger partial charge in [-0.05, 0) is 42.2 Å². The zero-order valence-corrected chi connectivity index (χ0v) is 12.7. The van der Waals surface area contributed by atoms with Gasteiger partial charge in [0, 0.05) is 27.9 Å². The summed E-state index contributed by atoms with van der Waals surface area (Å²) < 4.78 is 0.978. The minimum absolute atomic E-state index is 0.128. The average molecular weight is 341 g/mol. The summed E-state index contributed by atoms with van der Waals surface area (Å²) in [6.07, 6.45) is 5.21. The number of halogens is 2. The highest BCUT2D eigenvalue weighted by Gasteiger charge is 2.11. The molecular formula is C14H15BrClN3. The molecule has 1 atom stereocenters. The number of rotatable bonds is 5. The molecule has 0 spiro atoms. The number of aromatic nitrogens is 1. The molecule has 3 N–H and O–H groups in total. The largest absolute Gasteiger partial charge is 0.271 e. The van der Waals surface area contributed by atoms with Gasteiger partial charge in [-0.1, -0.05) is 39.7 Å². The minimum atomic E-state index is 0.128. The van der Waals surface area contributed by atoms with Crippen molar-refractivity contribution in [3.05, 3.63) is 63.3 Å². The molecule has 0 saturated heterocycles. The van der Waals surface area contributed by atoms with Crippen LogP contribution in [-0.4, -0.2) is 11.0 Å². The SMILES string of the molecule is NNC(Cc1cccnc1)Cc1ccc(Br)cc1Cl. The summed E-state index contributed by atoms with van der Waals surface area (Å²) in [7, 11) is 0. The van der Waals surface area contributed by atoms with Gasteiger partial charge in [0.05, 0.1) is 0 Å². The third-order valence-electron chi connectivity index (χ3n) is 2.92. The monoisotopic (exact) mass is 339 g/mol. The minimum Gasteiger partial charge on any atom is -0.271 e. The van der Waals surface area contributed by atoms with E-state index in [1.54, 1.807) is 6.20 Å². The van der Waals surface area contributed by atoms with Crippen LogP contribution in [0.15, 0.2) is 47.2 Å². The Morgan fingerprint density at radius 2 is 2.16 bits per heavy atom. The molecule has 1 heterocycles. The Balaban J connectivity index is 2.06. The smallest absolute Gasteiger partial charge is 0.0449 e. The number of benzene rings is 1. The van der Waals surface area contributed by atoms with Crippen LogP contribution in [0.5, 0.6) is 0 Å². The summed E-state index contributed by atoms with van der Waals surface area (Å²) in [6, 6.07) is 9.99. The molecular weight excluding hydrogens is 326 g/mol. The highest BCUT2D eigenvalue weighted by atomic mass is 79.9. The number of hydrazine groups is 1. The Bertz CT molecular complexity index is 533. The number of hydrogen-bond acceptors (Lipinski definition) is 3.